The van der Waals surface area contributed by atoms with Crippen molar-refractivity contribution in [1.82, 2.24) is 0 Å². The van der Waals surface area contributed by atoms with E-state index in [9.17, 15) is 5.11 Å². The maximum atomic E-state index is 9.62. The molecule has 1 atom stereocenters. The lowest BCUT2D eigenvalue weighted by Crippen LogP contribution is -2.08. The van der Waals surface area contributed by atoms with Crippen molar-refractivity contribution in [2.75, 3.05) is 6.61 Å². The van der Waals surface area contributed by atoms with Crippen molar-refractivity contribution in [2.24, 2.45) is 0 Å². The van der Waals surface area contributed by atoms with Gasteiger partial charge in [0.25, 0.3) is 0 Å². The van der Waals surface area contributed by atoms with Crippen LogP contribution in [0.4, 0.5) is 0 Å². The summed E-state index contributed by atoms with van der Waals surface area (Å²) in [5.74, 6) is 0.00857. The highest BCUT2D eigenvalue weighted by Gasteiger charge is 2.15. The van der Waals surface area contributed by atoms with E-state index < -0.39 is 0 Å². The molecule has 0 aliphatic carbocycles. The van der Waals surface area contributed by atoms with Crippen molar-refractivity contribution < 1.29 is 5.11 Å². The zero-order chi connectivity index (χ0) is 13.8. The van der Waals surface area contributed by atoms with Gasteiger partial charge in [0, 0.05) is 20.4 Å². The molecule has 1 nitrogen and oxygen atoms in total. The fraction of sp³-hybridized carbons (Fsp3) is 0.200. The Morgan fingerprint density at radius 1 is 1.11 bits per heavy atom. The second kappa shape index (κ2) is 6.76. The van der Waals surface area contributed by atoms with Crippen LogP contribution in [0.2, 0.25) is 10.0 Å². The molecule has 0 spiro atoms. The number of aliphatic hydroxyl groups excluding tert-OH is 1. The van der Waals surface area contributed by atoms with Crippen LogP contribution >= 0.6 is 39.1 Å². The third-order valence-electron chi connectivity index (χ3n) is 3.05. The van der Waals surface area contributed by atoms with E-state index in [2.05, 4.69) is 15.9 Å². The van der Waals surface area contributed by atoms with Crippen LogP contribution < -0.4 is 0 Å². The van der Waals surface area contributed by atoms with Gasteiger partial charge in [-0.25, -0.2) is 0 Å². The Labute approximate surface area is 131 Å². The molecule has 2 aromatic rings. The second-order valence-corrected chi connectivity index (χ2v) is 6.04. The standard InChI is InChI=1S/C15H13BrCl2O/c16-14-4-2-1-3-13(14)11(9-19)7-10-5-6-12(17)8-15(10)18/h1-6,8,11,19H,7,9H2/t11-/m1/s1. The van der Waals surface area contributed by atoms with Crippen molar-refractivity contribution in [3.63, 3.8) is 0 Å². The molecule has 0 saturated heterocycles. The van der Waals surface area contributed by atoms with Crippen LogP contribution in [-0.2, 0) is 6.42 Å². The number of benzene rings is 2. The molecule has 19 heavy (non-hydrogen) atoms. The molecule has 0 unspecified atom stereocenters. The monoisotopic (exact) mass is 358 g/mol. The predicted octanol–water partition coefficient (Wildman–Crippen LogP) is 5.07. The molecule has 0 aromatic heterocycles. The van der Waals surface area contributed by atoms with Crippen LogP contribution in [0.5, 0.6) is 0 Å². The average molecular weight is 360 g/mol. The highest BCUT2D eigenvalue weighted by Crippen LogP contribution is 2.30. The first-order valence-electron chi connectivity index (χ1n) is 5.91. The smallest absolute Gasteiger partial charge is 0.0503 e. The van der Waals surface area contributed by atoms with E-state index in [4.69, 9.17) is 23.2 Å². The molecule has 0 saturated carbocycles. The van der Waals surface area contributed by atoms with Crippen LogP contribution in [0.3, 0.4) is 0 Å². The lowest BCUT2D eigenvalue weighted by molar-refractivity contribution is 0.264. The number of hydrogen-bond acceptors (Lipinski definition) is 1. The molecule has 0 radical (unpaired) electrons. The normalized spacial score (nSPS) is 12.4. The van der Waals surface area contributed by atoms with Crippen LogP contribution in [0.15, 0.2) is 46.9 Å². The van der Waals surface area contributed by atoms with Crippen molar-refractivity contribution in [2.45, 2.75) is 12.3 Å². The minimum atomic E-state index is 0.00857. The SMILES string of the molecule is OC[C@@H](Cc1ccc(Cl)cc1Cl)c1ccccc1Br. The van der Waals surface area contributed by atoms with Crippen molar-refractivity contribution >= 4 is 39.1 Å². The first-order chi connectivity index (χ1) is 9.11. The van der Waals surface area contributed by atoms with E-state index in [0.29, 0.717) is 16.5 Å². The van der Waals surface area contributed by atoms with Crippen molar-refractivity contribution in [3.05, 3.63) is 68.1 Å². The Morgan fingerprint density at radius 2 is 1.84 bits per heavy atom. The third kappa shape index (κ3) is 3.73. The Morgan fingerprint density at radius 3 is 2.47 bits per heavy atom. The fourth-order valence-electron chi connectivity index (χ4n) is 2.03. The van der Waals surface area contributed by atoms with Gasteiger partial charge >= 0.3 is 0 Å². The Bertz CT molecular complexity index is 572. The van der Waals surface area contributed by atoms with Gasteiger partial charge in [0.15, 0.2) is 0 Å². The first kappa shape index (κ1) is 14.9. The summed E-state index contributed by atoms with van der Waals surface area (Å²) in [5.41, 5.74) is 2.07. The number of hydrogen-bond donors (Lipinski definition) is 1. The maximum Gasteiger partial charge on any atom is 0.0503 e. The highest BCUT2D eigenvalue weighted by atomic mass is 79.9. The summed E-state index contributed by atoms with van der Waals surface area (Å²) in [6.45, 7) is 0.0710. The molecule has 0 heterocycles. The fourth-order valence-corrected chi connectivity index (χ4v) is 3.13. The average Bonchev–Trinajstić information content (AvgIpc) is 2.39. The van der Waals surface area contributed by atoms with Crippen molar-refractivity contribution in [1.29, 1.82) is 0 Å². The minimum absolute atomic E-state index is 0.00857. The van der Waals surface area contributed by atoms with E-state index in [-0.39, 0.29) is 12.5 Å². The van der Waals surface area contributed by atoms with Gasteiger partial charge < -0.3 is 5.11 Å². The Hall–Kier alpha value is -0.540. The van der Waals surface area contributed by atoms with E-state index in [0.717, 1.165) is 15.6 Å². The van der Waals surface area contributed by atoms with Gasteiger partial charge in [-0.3, -0.25) is 0 Å². The molecule has 0 aliphatic rings. The largest absolute Gasteiger partial charge is 0.396 e. The molecular weight excluding hydrogens is 347 g/mol. The highest BCUT2D eigenvalue weighted by molar-refractivity contribution is 9.10. The van der Waals surface area contributed by atoms with Gasteiger partial charge in [0.05, 0.1) is 6.61 Å². The van der Waals surface area contributed by atoms with Gasteiger partial charge in [-0.1, -0.05) is 63.4 Å². The zero-order valence-corrected chi connectivity index (χ0v) is 13.2. The molecule has 0 amide bonds. The van der Waals surface area contributed by atoms with Crippen LogP contribution in [0, 0.1) is 0 Å². The summed E-state index contributed by atoms with van der Waals surface area (Å²) < 4.78 is 0.999. The topological polar surface area (TPSA) is 20.2 Å². The molecule has 1 N–H and O–H groups in total. The molecule has 0 fully saturated rings. The summed E-state index contributed by atoms with van der Waals surface area (Å²) in [4.78, 5) is 0. The Kier molecular flexibility index (Phi) is 5.28. The quantitative estimate of drug-likeness (QED) is 0.807. The number of rotatable bonds is 4. The molecule has 2 rings (SSSR count). The van der Waals surface area contributed by atoms with E-state index in [1.165, 1.54) is 0 Å². The summed E-state index contributed by atoms with van der Waals surface area (Å²) in [6.07, 6.45) is 0.676. The van der Waals surface area contributed by atoms with Crippen LogP contribution in [0.1, 0.15) is 17.0 Å². The van der Waals surface area contributed by atoms with Gasteiger partial charge in [0.1, 0.15) is 0 Å². The summed E-state index contributed by atoms with van der Waals surface area (Å²) in [5, 5.41) is 10.9. The zero-order valence-electron chi connectivity index (χ0n) is 10.1. The van der Waals surface area contributed by atoms with E-state index in [1.807, 2.05) is 36.4 Å². The van der Waals surface area contributed by atoms with E-state index in [1.54, 1.807) is 6.07 Å². The van der Waals surface area contributed by atoms with Gasteiger partial charge in [0.2, 0.25) is 0 Å². The van der Waals surface area contributed by atoms with Crippen LogP contribution in [0.25, 0.3) is 0 Å². The molecular formula is C15H13BrCl2O. The minimum Gasteiger partial charge on any atom is -0.396 e. The third-order valence-corrected chi connectivity index (χ3v) is 4.36. The lowest BCUT2D eigenvalue weighted by Gasteiger charge is -2.17. The number of halogens is 3. The van der Waals surface area contributed by atoms with Crippen molar-refractivity contribution in [3.8, 4) is 0 Å². The lowest BCUT2D eigenvalue weighted by atomic mass is 9.93. The van der Waals surface area contributed by atoms with Gasteiger partial charge in [-0.15, -0.1) is 0 Å². The second-order valence-electron chi connectivity index (χ2n) is 4.34. The maximum absolute atomic E-state index is 9.62. The summed E-state index contributed by atoms with van der Waals surface area (Å²) >= 11 is 15.6. The summed E-state index contributed by atoms with van der Waals surface area (Å²) in [7, 11) is 0. The molecule has 0 aliphatic heterocycles. The van der Waals surface area contributed by atoms with E-state index >= 15 is 0 Å². The first-order valence-corrected chi connectivity index (χ1v) is 7.46. The van der Waals surface area contributed by atoms with Gasteiger partial charge in [-0.05, 0) is 35.7 Å². The predicted molar refractivity (Wildman–Crippen MR) is 84.1 cm³/mol. The molecule has 4 heteroatoms. The molecule has 100 valence electrons. The number of aliphatic hydroxyl groups is 1. The molecule has 0 bridgehead atoms. The van der Waals surface area contributed by atoms with Gasteiger partial charge in [-0.2, -0.15) is 0 Å². The Balaban J connectivity index is 2.27. The molecule has 2 aromatic carbocycles. The van der Waals surface area contributed by atoms with Crippen LogP contribution in [-0.4, -0.2) is 11.7 Å². The summed E-state index contributed by atoms with van der Waals surface area (Å²) in [6, 6.07) is 13.4.